The number of carbonyl (C=O) groups excluding carboxylic acids is 1. The molecule has 1 saturated heterocycles. The molecule has 30 heavy (non-hydrogen) atoms. The molecule has 2 aliphatic rings. The van der Waals surface area contributed by atoms with Crippen LogP contribution in [0.1, 0.15) is 55.4 Å². The van der Waals surface area contributed by atoms with Crippen LogP contribution in [0.4, 0.5) is 10.1 Å². The largest absolute Gasteiger partial charge is 0.477 e. The van der Waals surface area contributed by atoms with Gasteiger partial charge in [0.1, 0.15) is 11.4 Å². The number of carboxylic acid groups (broad SMARTS) is 1. The lowest BCUT2D eigenvalue weighted by Gasteiger charge is -2.29. The van der Waals surface area contributed by atoms with Gasteiger partial charge in [-0.05, 0) is 38.2 Å². The molecule has 2 heterocycles. The van der Waals surface area contributed by atoms with Crippen molar-refractivity contribution in [2.24, 2.45) is 0 Å². The molecule has 0 bridgehead atoms. The highest BCUT2D eigenvalue weighted by atomic mass is 35.5. The molecule has 1 aliphatic heterocycles. The van der Waals surface area contributed by atoms with Crippen molar-refractivity contribution in [1.82, 2.24) is 9.88 Å². The van der Waals surface area contributed by atoms with E-state index in [9.17, 15) is 19.5 Å². The minimum absolute atomic E-state index is 0.0266. The number of nitrogens with zero attached hydrogens (tertiary/aromatic N) is 2. The van der Waals surface area contributed by atoms with Gasteiger partial charge in [0.2, 0.25) is 11.3 Å². The third-order valence-corrected chi connectivity index (χ3v) is 6.11. The first-order chi connectivity index (χ1) is 14.3. The van der Waals surface area contributed by atoms with Crippen LogP contribution >= 0.6 is 11.6 Å². The quantitative estimate of drug-likeness (QED) is 0.768. The number of aromatic carboxylic acids is 1. The van der Waals surface area contributed by atoms with Crippen molar-refractivity contribution >= 4 is 40.1 Å². The van der Waals surface area contributed by atoms with E-state index in [1.165, 1.54) is 13.1 Å². The van der Waals surface area contributed by atoms with Gasteiger partial charge in [-0.3, -0.25) is 9.59 Å². The maximum Gasteiger partial charge on any atom is 0.341 e. The minimum Gasteiger partial charge on any atom is -0.477 e. The molecule has 2 aromatic rings. The van der Waals surface area contributed by atoms with Gasteiger partial charge < -0.3 is 19.9 Å². The zero-order valence-electron chi connectivity index (χ0n) is 16.6. The molecule has 1 amide bonds. The van der Waals surface area contributed by atoms with E-state index in [0.717, 1.165) is 38.2 Å². The van der Waals surface area contributed by atoms with Crippen molar-refractivity contribution in [2.45, 2.75) is 51.1 Å². The van der Waals surface area contributed by atoms with Crippen molar-refractivity contribution < 1.29 is 19.1 Å². The molecule has 1 aromatic carbocycles. The van der Waals surface area contributed by atoms with E-state index in [2.05, 4.69) is 5.32 Å². The molecule has 160 valence electrons. The lowest BCUT2D eigenvalue weighted by atomic mass is 10.1. The fourth-order valence-electron chi connectivity index (χ4n) is 4.26. The summed E-state index contributed by atoms with van der Waals surface area (Å²) in [4.78, 5) is 37.6. The number of halogens is 2. The number of rotatable bonds is 4. The van der Waals surface area contributed by atoms with Crippen molar-refractivity contribution in [3.8, 4) is 0 Å². The SMILES string of the molecule is CC(=O)N[C@H]1CCCCN(c2c(F)cc3c(=O)c(C(=O)O)cn(C4CC4)c3c2Cl)C1. The fourth-order valence-corrected chi connectivity index (χ4v) is 4.67. The molecule has 4 rings (SSSR count). The summed E-state index contributed by atoms with van der Waals surface area (Å²) in [5.74, 6) is -2.16. The van der Waals surface area contributed by atoms with Crippen molar-refractivity contribution in [1.29, 1.82) is 0 Å². The Labute approximate surface area is 177 Å². The maximum absolute atomic E-state index is 15.2. The van der Waals surface area contributed by atoms with Gasteiger partial charge in [0, 0.05) is 38.3 Å². The van der Waals surface area contributed by atoms with Crippen LogP contribution in [0.3, 0.4) is 0 Å². The first-order valence-electron chi connectivity index (χ1n) is 10.1. The Morgan fingerprint density at radius 3 is 2.63 bits per heavy atom. The number of aromatic nitrogens is 1. The van der Waals surface area contributed by atoms with E-state index in [4.69, 9.17) is 11.6 Å². The predicted molar refractivity (Wildman–Crippen MR) is 112 cm³/mol. The molecule has 1 aliphatic carbocycles. The second-order valence-electron chi connectivity index (χ2n) is 8.07. The van der Waals surface area contributed by atoms with Crippen molar-refractivity contribution in [3.63, 3.8) is 0 Å². The number of carbonyl (C=O) groups is 2. The first kappa shape index (κ1) is 20.7. The third-order valence-electron chi connectivity index (χ3n) is 5.75. The zero-order valence-corrected chi connectivity index (χ0v) is 17.3. The second kappa shape index (κ2) is 7.91. The molecule has 0 radical (unpaired) electrons. The van der Waals surface area contributed by atoms with E-state index in [-0.39, 0.29) is 34.1 Å². The van der Waals surface area contributed by atoms with Crippen LogP contribution in [-0.2, 0) is 4.79 Å². The van der Waals surface area contributed by atoms with Crippen LogP contribution in [-0.4, -0.2) is 40.7 Å². The number of nitrogens with one attached hydrogen (secondary N) is 1. The van der Waals surface area contributed by atoms with Gasteiger partial charge in [-0.2, -0.15) is 0 Å². The standard InChI is InChI=1S/C21H23ClFN3O4/c1-11(27)24-12-4-2-3-7-25(9-12)19-16(23)8-14-18(17(19)22)26(13-5-6-13)10-15(20(14)28)21(29)30/h8,10,12-13H,2-7,9H2,1H3,(H,24,27)(H,29,30)/t12-/m0/s1. The van der Waals surface area contributed by atoms with E-state index >= 15 is 4.39 Å². The lowest BCUT2D eigenvalue weighted by Crippen LogP contribution is -2.42. The van der Waals surface area contributed by atoms with E-state index < -0.39 is 22.8 Å². The molecule has 1 atom stereocenters. The molecule has 1 saturated carbocycles. The Hall–Kier alpha value is -2.61. The molecule has 0 unspecified atom stereocenters. The number of benzene rings is 1. The van der Waals surface area contributed by atoms with Gasteiger partial charge in [0.05, 0.1) is 21.6 Å². The molecule has 0 spiro atoms. The van der Waals surface area contributed by atoms with Crippen LogP contribution in [0.25, 0.3) is 10.9 Å². The van der Waals surface area contributed by atoms with Gasteiger partial charge in [0.25, 0.3) is 0 Å². The lowest BCUT2D eigenvalue weighted by molar-refractivity contribution is -0.119. The number of pyridine rings is 1. The Balaban J connectivity index is 1.88. The second-order valence-corrected chi connectivity index (χ2v) is 8.45. The van der Waals surface area contributed by atoms with E-state index in [1.807, 2.05) is 4.90 Å². The summed E-state index contributed by atoms with van der Waals surface area (Å²) >= 11 is 6.69. The van der Waals surface area contributed by atoms with Gasteiger partial charge in [-0.1, -0.05) is 11.6 Å². The molecule has 2 N–H and O–H groups in total. The summed E-state index contributed by atoms with van der Waals surface area (Å²) in [5.41, 5.74) is -0.573. The predicted octanol–water partition coefficient (Wildman–Crippen LogP) is 3.32. The Morgan fingerprint density at radius 1 is 1.27 bits per heavy atom. The first-order valence-corrected chi connectivity index (χ1v) is 10.5. The number of amides is 1. The molecular formula is C21H23ClFN3O4. The summed E-state index contributed by atoms with van der Waals surface area (Å²) < 4.78 is 16.9. The van der Waals surface area contributed by atoms with Gasteiger partial charge in [-0.15, -0.1) is 0 Å². The fraction of sp³-hybridized carbons (Fsp3) is 0.476. The average molecular weight is 436 g/mol. The van der Waals surface area contributed by atoms with Crippen molar-refractivity contribution in [3.05, 3.63) is 38.9 Å². The van der Waals surface area contributed by atoms with Crippen LogP contribution in [0.5, 0.6) is 0 Å². The van der Waals surface area contributed by atoms with Crippen LogP contribution < -0.4 is 15.6 Å². The Bertz CT molecular complexity index is 1100. The Kier molecular flexibility index (Phi) is 5.44. The molecule has 1 aromatic heterocycles. The monoisotopic (exact) mass is 435 g/mol. The summed E-state index contributed by atoms with van der Waals surface area (Å²) in [7, 11) is 0. The molecule has 7 nitrogen and oxygen atoms in total. The summed E-state index contributed by atoms with van der Waals surface area (Å²) in [6.45, 7) is 2.43. The molecule has 2 fully saturated rings. The highest BCUT2D eigenvalue weighted by molar-refractivity contribution is 6.38. The normalized spacial score (nSPS) is 19.6. The Morgan fingerprint density at radius 2 is 2.00 bits per heavy atom. The number of anilines is 1. The zero-order chi connectivity index (χ0) is 21.6. The highest BCUT2D eigenvalue weighted by Gasteiger charge is 2.31. The minimum atomic E-state index is -1.34. The van der Waals surface area contributed by atoms with E-state index in [1.54, 1.807) is 4.57 Å². The smallest absolute Gasteiger partial charge is 0.341 e. The van der Waals surface area contributed by atoms with Crippen molar-refractivity contribution in [2.75, 3.05) is 18.0 Å². The number of fused-ring (bicyclic) bond motifs is 1. The third kappa shape index (κ3) is 3.76. The highest BCUT2D eigenvalue weighted by Crippen LogP contribution is 2.42. The van der Waals surface area contributed by atoms with Gasteiger partial charge in [0.15, 0.2) is 0 Å². The van der Waals surface area contributed by atoms with Crippen LogP contribution in [0, 0.1) is 5.82 Å². The van der Waals surface area contributed by atoms with Crippen LogP contribution in [0.2, 0.25) is 5.02 Å². The maximum atomic E-state index is 15.2. The van der Waals surface area contributed by atoms with Gasteiger partial charge >= 0.3 is 5.97 Å². The molecular weight excluding hydrogens is 413 g/mol. The number of hydrogen-bond acceptors (Lipinski definition) is 4. The molecule has 9 heteroatoms. The number of hydrogen-bond donors (Lipinski definition) is 2. The number of carboxylic acids is 1. The summed E-state index contributed by atoms with van der Waals surface area (Å²) in [6.07, 6.45) is 5.50. The summed E-state index contributed by atoms with van der Waals surface area (Å²) in [5, 5.41) is 12.4. The van der Waals surface area contributed by atoms with Gasteiger partial charge in [-0.25, -0.2) is 9.18 Å². The average Bonchev–Trinajstić information content (AvgIpc) is 3.50. The summed E-state index contributed by atoms with van der Waals surface area (Å²) in [6, 6.07) is 1.01. The topological polar surface area (TPSA) is 91.6 Å². The van der Waals surface area contributed by atoms with Crippen LogP contribution in [0.15, 0.2) is 17.1 Å². The van der Waals surface area contributed by atoms with E-state index in [0.29, 0.717) is 18.6 Å².